The molecular weight excluding hydrogens is 663 g/mol. The molecule has 6 rings (SSSR count). The summed E-state index contributed by atoms with van der Waals surface area (Å²) in [6, 6.07) is 34.2. The summed E-state index contributed by atoms with van der Waals surface area (Å²) in [5, 5.41) is 7.81. The Morgan fingerprint density at radius 1 is 0.745 bits per heavy atom. The molecule has 254 valence electrons. The van der Waals surface area contributed by atoms with E-state index in [1.807, 2.05) is 13.0 Å². The van der Waals surface area contributed by atoms with Crippen LogP contribution in [0.4, 0.5) is 11.4 Å². The molecule has 0 spiro atoms. The second-order valence-corrected chi connectivity index (χ2v) is 13.0. The summed E-state index contributed by atoms with van der Waals surface area (Å²) in [7, 11) is 0. The van der Waals surface area contributed by atoms with Gasteiger partial charge in [0.2, 0.25) is 5.91 Å². The number of anilines is 2. The maximum absolute atomic E-state index is 13.6. The molecule has 0 radical (unpaired) electrons. The second kappa shape index (κ2) is 15.5. The topological polar surface area (TPSA) is 131 Å². The summed E-state index contributed by atoms with van der Waals surface area (Å²) in [4.78, 5) is 67.2. The van der Waals surface area contributed by atoms with E-state index in [1.165, 1.54) is 11.8 Å². The Morgan fingerprint density at radius 3 is 2.14 bits per heavy atom. The highest BCUT2D eigenvalue weighted by molar-refractivity contribution is 8.00. The molecule has 0 aromatic heterocycles. The minimum Gasteiger partial charge on any atom is -0.494 e. The fourth-order valence-electron chi connectivity index (χ4n) is 5.52. The van der Waals surface area contributed by atoms with E-state index in [9.17, 15) is 24.0 Å². The monoisotopic (exact) mass is 695 g/mol. The summed E-state index contributed by atoms with van der Waals surface area (Å²) >= 11 is 1.25. The van der Waals surface area contributed by atoms with Crippen molar-refractivity contribution in [1.29, 1.82) is 0 Å². The number of ketones is 2. The average molecular weight is 696 g/mol. The van der Waals surface area contributed by atoms with Crippen LogP contribution in [0.3, 0.4) is 0 Å². The third-order valence-corrected chi connectivity index (χ3v) is 9.11. The normalized spacial score (nSPS) is 12.6. The predicted molar refractivity (Wildman–Crippen MR) is 198 cm³/mol. The van der Waals surface area contributed by atoms with Crippen molar-refractivity contribution in [2.45, 2.75) is 24.0 Å². The van der Waals surface area contributed by atoms with Crippen molar-refractivity contribution in [3.05, 3.63) is 160 Å². The number of amides is 3. The minimum absolute atomic E-state index is 0.0284. The van der Waals surface area contributed by atoms with Crippen LogP contribution in [0.15, 0.2) is 132 Å². The van der Waals surface area contributed by atoms with Crippen LogP contribution >= 0.6 is 11.8 Å². The van der Waals surface area contributed by atoms with Gasteiger partial charge in [-0.15, -0.1) is 11.8 Å². The molecule has 0 heterocycles. The molecule has 0 fully saturated rings. The third kappa shape index (κ3) is 7.98. The van der Waals surface area contributed by atoms with Crippen molar-refractivity contribution >= 4 is 58.5 Å². The average Bonchev–Trinajstić information content (AvgIpc) is 3.14. The van der Waals surface area contributed by atoms with Crippen molar-refractivity contribution in [3.63, 3.8) is 0 Å². The summed E-state index contributed by atoms with van der Waals surface area (Å²) in [5.74, 6) is -1.27. The molecule has 3 N–H and O–H groups in total. The molecule has 10 heteroatoms. The smallest absolute Gasteiger partial charge is 0.272 e. The quantitative estimate of drug-likeness (QED) is 0.0952. The first kappa shape index (κ1) is 34.6. The first-order valence-corrected chi connectivity index (χ1v) is 17.1. The molecule has 1 aliphatic carbocycles. The molecular formula is C41H33N3O6S. The number of hydrogen-bond acceptors (Lipinski definition) is 7. The Balaban J connectivity index is 1.16. The van der Waals surface area contributed by atoms with E-state index in [1.54, 1.807) is 128 Å². The van der Waals surface area contributed by atoms with Gasteiger partial charge in [-0.2, -0.15) is 0 Å². The largest absolute Gasteiger partial charge is 0.494 e. The number of rotatable bonds is 11. The van der Waals surface area contributed by atoms with Gasteiger partial charge in [0.1, 0.15) is 11.4 Å². The minimum atomic E-state index is -0.617. The maximum Gasteiger partial charge on any atom is 0.272 e. The lowest BCUT2D eigenvalue weighted by atomic mass is 9.83. The van der Waals surface area contributed by atoms with Gasteiger partial charge in [0.15, 0.2) is 11.6 Å². The van der Waals surface area contributed by atoms with Crippen LogP contribution in [-0.2, 0) is 9.59 Å². The molecule has 0 saturated carbocycles. The molecule has 1 unspecified atom stereocenters. The number of carbonyl (C=O) groups excluding carboxylic acids is 5. The van der Waals surface area contributed by atoms with Crippen molar-refractivity contribution in [1.82, 2.24) is 5.32 Å². The highest BCUT2D eigenvalue weighted by Gasteiger charge is 2.32. The lowest BCUT2D eigenvalue weighted by molar-refractivity contribution is -0.115. The molecule has 3 amide bonds. The Kier molecular flexibility index (Phi) is 10.5. The van der Waals surface area contributed by atoms with Gasteiger partial charge >= 0.3 is 0 Å². The van der Waals surface area contributed by atoms with Crippen LogP contribution in [0.25, 0.3) is 6.08 Å². The van der Waals surface area contributed by atoms with Crippen LogP contribution in [0.2, 0.25) is 0 Å². The van der Waals surface area contributed by atoms with Crippen LogP contribution in [-0.4, -0.2) is 41.1 Å². The molecule has 5 aromatic rings. The highest BCUT2D eigenvalue weighted by atomic mass is 32.2. The van der Waals surface area contributed by atoms with Gasteiger partial charge in [0, 0.05) is 32.8 Å². The molecule has 0 aliphatic heterocycles. The van der Waals surface area contributed by atoms with E-state index in [-0.39, 0.29) is 40.0 Å². The first-order valence-electron chi connectivity index (χ1n) is 16.2. The number of ether oxygens (including phenoxy) is 1. The van der Waals surface area contributed by atoms with Crippen molar-refractivity contribution in [3.8, 4) is 5.75 Å². The van der Waals surface area contributed by atoms with Crippen molar-refractivity contribution in [2.24, 2.45) is 0 Å². The highest BCUT2D eigenvalue weighted by Crippen LogP contribution is 2.33. The summed E-state index contributed by atoms with van der Waals surface area (Å²) in [6.07, 6.45) is 1.58. The molecule has 1 atom stereocenters. The predicted octanol–water partition coefficient (Wildman–Crippen LogP) is 7.39. The third-order valence-electron chi connectivity index (χ3n) is 8.02. The van der Waals surface area contributed by atoms with E-state index in [0.717, 1.165) is 0 Å². The van der Waals surface area contributed by atoms with Gasteiger partial charge in [0.25, 0.3) is 11.8 Å². The number of carbonyl (C=O) groups is 5. The van der Waals surface area contributed by atoms with E-state index in [0.29, 0.717) is 45.2 Å². The second-order valence-electron chi connectivity index (χ2n) is 11.5. The Bertz CT molecular complexity index is 2180. The van der Waals surface area contributed by atoms with Gasteiger partial charge in [-0.25, -0.2) is 0 Å². The maximum atomic E-state index is 13.6. The van der Waals surface area contributed by atoms with E-state index in [4.69, 9.17) is 4.74 Å². The van der Waals surface area contributed by atoms with Gasteiger partial charge < -0.3 is 20.7 Å². The Hall–Kier alpha value is -6.26. The van der Waals surface area contributed by atoms with Gasteiger partial charge in [-0.1, -0.05) is 72.8 Å². The fourth-order valence-corrected chi connectivity index (χ4v) is 6.45. The lowest BCUT2D eigenvalue weighted by Gasteiger charge is -2.21. The Labute approximate surface area is 299 Å². The SMILES string of the molecule is CCOc1ccc(/C=C(/NC(=O)c2ccccc2)C(=O)Nc2cccc(SC(C)C(=O)Nc3cccc4c3C(=O)c3ccccc3C4=O)c2)cc1. The zero-order valence-corrected chi connectivity index (χ0v) is 28.6. The van der Waals surface area contributed by atoms with E-state index >= 15 is 0 Å². The Morgan fingerprint density at radius 2 is 1.41 bits per heavy atom. The first-order chi connectivity index (χ1) is 24.7. The van der Waals surface area contributed by atoms with Crippen molar-refractivity contribution < 1.29 is 28.7 Å². The van der Waals surface area contributed by atoms with Crippen LogP contribution < -0.4 is 20.7 Å². The van der Waals surface area contributed by atoms with Crippen molar-refractivity contribution in [2.75, 3.05) is 17.2 Å². The molecule has 1 aliphatic rings. The van der Waals surface area contributed by atoms with E-state index < -0.39 is 17.1 Å². The standard InChI is InChI=1S/C41H33N3O6S/c1-3-50-29-21-19-26(20-22-29)23-35(44-40(48)27-11-5-4-6-12-27)41(49)42-28-13-9-14-30(24-28)51-25(2)39(47)43-34-18-10-17-33-36(34)38(46)32-16-8-7-15-31(32)37(33)45/h4-25H,3H2,1-2H3,(H,42,49)(H,43,47)(H,44,48)/b35-23+. The van der Waals surface area contributed by atoms with Gasteiger partial charge in [0.05, 0.1) is 23.1 Å². The zero-order valence-electron chi connectivity index (χ0n) is 27.8. The van der Waals surface area contributed by atoms with Gasteiger partial charge in [-0.3, -0.25) is 24.0 Å². The number of fused-ring (bicyclic) bond motifs is 2. The fraction of sp³-hybridized carbons (Fsp3) is 0.0976. The summed E-state index contributed by atoms with van der Waals surface area (Å²) < 4.78 is 5.52. The summed E-state index contributed by atoms with van der Waals surface area (Å²) in [6.45, 7) is 4.13. The molecule has 9 nitrogen and oxygen atoms in total. The lowest BCUT2D eigenvalue weighted by Crippen LogP contribution is -2.30. The molecule has 0 bridgehead atoms. The number of benzene rings is 5. The van der Waals surface area contributed by atoms with E-state index in [2.05, 4.69) is 16.0 Å². The summed E-state index contributed by atoms with van der Waals surface area (Å²) in [5.41, 5.74) is 2.87. The number of thioether (sulfide) groups is 1. The molecule has 0 saturated heterocycles. The zero-order chi connectivity index (χ0) is 35.9. The molecule has 51 heavy (non-hydrogen) atoms. The van der Waals surface area contributed by atoms with Crippen LogP contribution in [0.1, 0.15) is 61.6 Å². The van der Waals surface area contributed by atoms with Gasteiger partial charge in [-0.05, 0) is 74.0 Å². The number of hydrogen-bond donors (Lipinski definition) is 3. The molecule has 5 aromatic carbocycles. The van der Waals surface area contributed by atoms with Crippen LogP contribution in [0.5, 0.6) is 5.75 Å². The van der Waals surface area contributed by atoms with Crippen LogP contribution in [0, 0.1) is 0 Å². The number of nitrogens with one attached hydrogen (secondary N) is 3.